The Labute approximate surface area is 148 Å². The monoisotopic (exact) mass is 345 g/mol. The van der Waals surface area contributed by atoms with E-state index in [0.29, 0.717) is 17.8 Å². The molecule has 2 aliphatic rings. The summed E-state index contributed by atoms with van der Waals surface area (Å²) in [6.45, 7) is 5.41. The zero-order valence-electron chi connectivity index (χ0n) is 14.8. The van der Waals surface area contributed by atoms with Gasteiger partial charge in [-0.15, -0.1) is 0 Å². The minimum absolute atomic E-state index is 0.0391. The number of nitrogens with one attached hydrogen (secondary N) is 1. The van der Waals surface area contributed by atoms with Crippen molar-refractivity contribution in [1.29, 1.82) is 0 Å². The molecular weight excluding hydrogens is 318 g/mol. The van der Waals surface area contributed by atoms with Crippen LogP contribution < -0.4 is 5.32 Å². The standard InChI is InChI=1S/C19H27N3O3/c1-2-21-11-9-16(10-12-21)22(15-5-6-15)19(24)14-20-18(23)8-7-17-4-3-13-25-17/h3-4,7-8,13,15-16H,2,5-6,9-12,14H2,1H3,(H,20,23)/b8-7-. The van der Waals surface area contributed by atoms with Crippen LogP contribution in [-0.4, -0.2) is 59.9 Å². The smallest absolute Gasteiger partial charge is 0.244 e. The number of hydrogen-bond donors (Lipinski definition) is 1. The van der Waals surface area contributed by atoms with Crippen LogP contribution in [0.4, 0.5) is 0 Å². The van der Waals surface area contributed by atoms with Crippen LogP contribution in [0.1, 0.15) is 38.4 Å². The first-order chi connectivity index (χ1) is 12.2. The predicted octanol–water partition coefficient (Wildman–Crippen LogP) is 1.88. The molecule has 1 aromatic rings. The van der Waals surface area contributed by atoms with Crippen molar-refractivity contribution in [2.45, 2.75) is 44.7 Å². The zero-order chi connectivity index (χ0) is 17.6. The minimum Gasteiger partial charge on any atom is -0.465 e. The van der Waals surface area contributed by atoms with Gasteiger partial charge in [0.05, 0.1) is 12.8 Å². The second-order valence-corrected chi connectivity index (χ2v) is 6.76. The fourth-order valence-corrected chi connectivity index (χ4v) is 3.43. The molecule has 136 valence electrons. The number of piperidine rings is 1. The lowest BCUT2D eigenvalue weighted by atomic mass is 10.0. The van der Waals surface area contributed by atoms with Crippen LogP contribution in [0.2, 0.25) is 0 Å². The first-order valence-electron chi connectivity index (χ1n) is 9.20. The van der Waals surface area contributed by atoms with E-state index < -0.39 is 0 Å². The largest absolute Gasteiger partial charge is 0.465 e. The van der Waals surface area contributed by atoms with E-state index in [4.69, 9.17) is 4.42 Å². The predicted molar refractivity (Wildman–Crippen MR) is 95.8 cm³/mol. The van der Waals surface area contributed by atoms with Gasteiger partial charge in [0.15, 0.2) is 0 Å². The van der Waals surface area contributed by atoms with Crippen molar-refractivity contribution in [3.8, 4) is 0 Å². The maximum absolute atomic E-state index is 12.7. The van der Waals surface area contributed by atoms with Crippen molar-refractivity contribution in [2.75, 3.05) is 26.2 Å². The third-order valence-electron chi connectivity index (χ3n) is 4.98. The molecular formula is C19H27N3O3. The van der Waals surface area contributed by atoms with Crippen molar-refractivity contribution >= 4 is 17.9 Å². The van der Waals surface area contributed by atoms with Gasteiger partial charge in [0.2, 0.25) is 11.8 Å². The van der Waals surface area contributed by atoms with Crippen LogP contribution in [0.15, 0.2) is 28.9 Å². The van der Waals surface area contributed by atoms with Crippen molar-refractivity contribution in [2.24, 2.45) is 0 Å². The van der Waals surface area contributed by atoms with Crippen molar-refractivity contribution in [1.82, 2.24) is 15.1 Å². The second-order valence-electron chi connectivity index (χ2n) is 6.76. The van der Waals surface area contributed by atoms with E-state index in [-0.39, 0.29) is 18.4 Å². The summed E-state index contributed by atoms with van der Waals surface area (Å²) >= 11 is 0. The van der Waals surface area contributed by atoms with Gasteiger partial charge in [0, 0.05) is 31.2 Å². The summed E-state index contributed by atoms with van der Waals surface area (Å²) in [7, 11) is 0. The quantitative estimate of drug-likeness (QED) is 0.767. The van der Waals surface area contributed by atoms with E-state index in [2.05, 4.69) is 17.1 Å². The molecule has 0 spiro atoms. The zero-order valence-corrected chi connectivity index (χ0v) is 14.8. The van der Waals surface area contributed by atoms with Gasteiger partial charge in [-0.05, 0) is 50.4 Å². The van der Waals surface area contributed by atoms with Crippen LogP contribution in [0.5, 0.6) is 0 Å². The first kappa shape index (κ1) is 17.7. The van der Waals surface area contributed by atoms with E-state index in [1.807, 2.05) is 4.90 Å². The topological polar surface area (TPSA) is 65.8 Å². The molecule has 25 heavy (non-hydrogen) atoms. The number of carbonyl (C=O) groups is 2. The van der Waals surface area contributed by atoms with Gasteiger partial charge in [0.1, 0.15) is 5.76 Å². The summed E-state index contributed by atoms with van der Waals surface area (Å²) in [6.07, 6.45) is 8.79. The van der Waals surface area contributed by atoms with Crippen molar-refractivity contribution in [3.05, 3.63) is 30.2 Å². The lowest BCUT2D eigenvalue weighted by Gasteiger charge is -2.38. The molecule has 3 rings (SSSR count). The van der Waals surface area contributed by atoms with Gasteiger partial charge in [-0.3, -0.25) is 9.59 Å². The number of likely N-dealkylation sites (tertiary alicyclic amines) is 1. The Kier molecular flexibility index (Phi) is 5.91. The molecule has 2 heterocycles. The Hall–Kier alpha value is -2.08. The van der Waals surface area contributed by atoms with Gasteiger partial charge >= 0.3 is 0 Å². The SMILES string of the molecule is CCN1CCC(N(C(=O)CNC(=O)/C=C\c2ccco2)C2CC2)CC1. The van der Waals surface area contributed by atoms with Gasteiger partial charge in [-0.25, -0.2) is 0 Å². The molecule has 0 unspecified atom stereocenters. The highest BCUT2D eigenvalue weighted by molar-refractivity contribution is 5.94. The maximum Gasteiger partial charge on any atom is 0.244 e. The number of furan rings is 1. The first-order valence-corrected chi connectivity index (χ1v) is 9.20. The average Bonchev–Trinajstić information content (AvgIpc) is 3.32. The molecule has 0 atom stereocenters. The van der Waals surface area contributed by atoms with Crippen molar-refractivity contribution < 1.29 is 14.0 Å². The summed E-state index contributed by atoms with van der Waals surface area (Å²) in [4.78, 5) is 29.0. The fraction of sp³-hybridized carbons (Fsp3) is 0.579. The molecule has 6 nitrogen and oxygen atoms in total. The summed E-state index contributed by atoms with van der Waals surface area (Å²) in [5.74, 6) is 0.377. The van der Waals surface area contributed by atoms with Crippen LogP contribution in [-0.2, 0) is 9.59 Å². The van der Waals surface area contributed by atoms with E-state index in [0.717, 1.165) is 45.3 Å². The molecule has 2 fully saturated rings. The third kappa shape index (κ3) is 4.95. The Morgan fingerprint density at radius 1 is 1.28 bits per heavy atom. The van der Waals surface area contributed by atoms with E-state index in [9.17, 15) is 9.59 Å². The summed E-state index contributed by atoms with van der Waals surface area (Å²) in [6, 6.07) is 4.23. The van der Waals surface area contributed by atoms with Crippen LogP contribution in [0, 0.1) is 0 Å². The second kappa shape index (κ2) is 8.34. The number of carbonyl (C=O) groups excluding carboxylic acids is 2. The summed E-state index contributed by atoms with van der Waals surface area (Å²) in [5.41, 5.74) is 0. The van der Waals surface area contributed by atoms with Gasteiger partial charge < -0.3 is 19.5 Å². The molecule has 1 saturated heterocycles. The average molecular weight is 345 g/mol. The van der Waals surface area contributed by atoms with Gasteiger partial charge in [-0.2, -0.15) is 0 Å². The highest BCUT2D eigenvalue weighted by Gasteiger charge is 2.38. The molecule has 0 aromatic carbocycles. The summed E-state index contributed by atoms with van der Waals surface area (Å²) < 4.78 is 5.14. The highest BCUT2D eigenvalue weighted by atomic mass is 16.3. The molecule has 2 amide bonds. The van der Waals surface area contributed by atoms with Crippen LogP contribution in [0.3, 0.4) is 0 Å². The van der Waals surface area contributed by atoms with E-state index in [1.54, 1.807) is 24.5 Å². The number of hydrogen-bond acceptors (Lipinski definition) is 4. The van der Waals surface area contributed by atoms with Crippen LogP contribution >= 0.6 is 0 Å². The minimum atomic E-state index is -0.277. The Morgan fingerprint density at radius 3 is 2.60 bits per heavy atom. The molecule has 0 bridgehead atoms. The highest BCUT2D eigenvalue weighted by Crippen LogP contribution is 2.31. The van der Waals surface area contributed by atoms with Crippen LogP contribution in [0.25, 0.3) is 6.08 Å². The molecule has 1 N–H and O–H groups in total. The van der Waals surface area contributed by atoms with Gasteiger partial charge in [-0.1, -0.05) is 6.92 Å². The number of amides is 2. The lowest BCUT2D eigenvalue weighted by Crippen LogP contribution is -2.51. The Bertz CT molecular complexity index is 599. The summed E-state index contributed by atoms with van der Waals surface area (Å²) in [5, 5.41) is 2.70. The molecule has 1 aromatic heterocycles. The Morgan fingerprint density at radius 2 is 2.00 bits per heavy atom. The Balaban J connectivity index is 1.49. The molecule has 1 aliphatic carbocycles. The third-order valence-corrected chi connectivity index (χ3v) is 4.98. The van der Waals surface area contributed by atoms with Gasteiger partial charge in [0.25, 0.3) is 0 Å². The van der Waals surface area contributed by atoms with E-state index >= 15 is 0 Å². The number of nitrogens with zero attached hydrogens (tertiary/aromatic N) is 2. The molecule has 1 aliphatic heterocycles. The molecule has 1 saturated carbocycles. The maximum atomic E-state index is 12.7. The lowest BCUT2D eigenvalue weighted by molar-refractivity contribution is -0.135. The fourth-order valence-electron chi connectivity index (χ4n) is 3.43. The molecule has 0 radical (unpaired) electrons. The van der Waals surface area contributed by atoms with Crippen molar-refractivity contribution in [3.63, 3.8) is 0 Å². The molecule has 6 heteroatoms. The van der Waals surface area contributed by atoms with E-state index in [1.165, 1.54) is 6.08 Å². The normalized spacial score (nSPS) is 19.2. The number of rotatable bonds is 7.